The van der Waals surface area contributed by atoms with E-state index >= 15 is 0 Å². The average Bonchev–Trinajstić information content (AvgIpc) is 2.93. The second kappa shape index (κ2) is 6.23. The summed E-state index contributed by atoms with van der Waals surface area (Å²) in [6.45, 7) is 7.81. The van der Waals surface area contributed by atoms with Crippen molar-refractivity contribution in [2.75, 3.05) is 13.1 Å². The first-order valence-corrected chi connectivity index (χ1v) is 8.55. The van der Waals surface area contributed by atoms with Crippen molar-refractivity contribution < 1.29 is 0 Å². The van der Waals surface area contributed by atoms with E-state index < -0.39 is 0 Å². The van der Waals surface area contributed by atoms with E-state index in [1.807, 2.05) is 6.20 Å². The second-order valence-electron chi connectivity index (χ2n) is 7.01. The molecule has 4 heteroatoms. The van der Waals surface area contributed by atoms with Crippen LogP contribution in [0, 0.1) is 5.92 Å². The van der Waals surface area contributed by atoms with E-state index in [0.29, 0.717) is 17.5 Å². The monoisotopic (exact) mass is 307 g/mol. The van der Waals surface area contributed by atoms with Crippen LogP contribution in [0.25, 0.3) is 0 Å². The largest absolute Gasteiger partial charge is 0.311 e. The molecule has 2 heterocycles. The predicted molar refractivity (Wildman–Crippen MR) is 87.5 cm³/mol. The molecule has 3 rings (SSSR count). The third-order valence-corrected chi connectivity index (χ3v) is 5.68. The lowest BCUT2D eigenvalue weighted by molar-refractivity contribution is 0.0261. The number of rotatable bonds is 3. The van der Waals surface area contributed by atoms with Crippen molar-refractivity contribution in [1.29, 1.82) is 0 Å². The Kier molecular flexibility index (Phi) is 4.53. The molecule has 1 aromatic rings. The molecule has 0 aromatic carbocycles. The summed E-state index contributed by atoms with van der Waals surface area (Å²) in [5.74, 6) is 0.666. The standard InChI is InChI=1S/C17H26ClN3/c1-13(2)16-11-21(10-14-5-8-19-9-15(14)18)17(12-20-16)6-3-4-7-17/h5,8-9,13,16,20H,3-4,6-7,10-12H2,1-2H3. The first kappa shape index (κ1) is 15.3. The highest BCUT2D eigenvalue weighted by Crippen LogP contribution is 2.38. The van der Waals surface area contributed by atoms with Gasteiger partial charge in [-0.25, -0.2) is 0 Å². The highest BCUT2D eigenvalue weighted by atomic mass is 35.5. The first-order chi connectivity index (χ1) is 10.1. The van der Waals surface area contributed by atoms with Gasteiger partial charge in [-0.1, -0.05) is 38.3 Å². The Morgan fingerprint density at radius 1 is 1.43 bits per heavy atom. The van der Waals surface area contributed by atoms with Crippen molar-refractivity contribution >= 4 is 11.6 Å². The molecular formula is C17H26ClN3. The highest BCUT2D eigenvalue weighted by Gasteiger charge is 2.43. The summed E-state index contributed by atoms with van der Waals surface area (Å²) in [5, 5.41) is 4.59. The highest BCUT2D eigenvalue weighted by molar-refractivity contribution is 6.31. The second-order valence-corrected chi connectivity index (χ2v) is 7.42. The van der Waals surface area contributed by atoms with Gasteiger partial charge in [-0.15, -0.1) is 0 Å². The molecule has 1 aliphatic heterocycles. The van der Waals surface area contributed by atoms with Gasteiger partial charge >= 0.3 is 0 Å². The van der Waals surface area contributed by atoms with Crippen LogP contribution in [0.5, 0.6) is 0 Å². The smallest absolute Gasteiger partial charge is 0.0634 e. The SMILES string of the molecule is CC(C)C1CN(Cc2ccncc2Cl)C2(CCCC2)CN1. The summed E-state index contributed by atoms with van der Waals surface area (Å²) in [6.07, 6.45) is 8.95. The van der Waals surface area contributed by atoms with E-state index in [2.05, 4.69) is 35.1 Å². The Morgan fingerprint density at radius 2 is 2.19 bits per heavy atom. The Bertz CT molecular complexity index is 483. The zero-order valence-corrected chi connectivity index (χ0v) is 13.9. The van der Waals surface area contributed by atoms with Crippen molar-refractivity contribution in [3.63, 3.8) is 0 Å². The van der Waals surface area contributed by atoms with E-state index in [4.69, 9.17) is 11.6 Å². The minimum atomic E-state index is 0.345. The van der Waals surface area contributed by atoms with Gasteiger partial charge in [-0.2, -0.15) is 0 Å². The summed E-state index contributed by atoms with van der Waals surface area (Å²) >= 11 is 6.33. The molecule has 21 heavy (non-hydrogen) atoms. The molecule has 116 valence electrons. The molecule has 1 spiro atoms. The van der Waals surface area contributed by atoms with Crippen molar-refractivity contribution in [3.8, 4) is 0 Å². The third-order valence-electron chi connectivity index (χ3n) is 5.34. The number of nitrogens with one attached hydrogen (secondary N) is 1. The summed E-state index contributed by atoms with van der Waals surface area (Å²) in [7, 11) is 0. The van der Waals surface area contributed by atoms with Gasteiger partial charge in [0, 0.05) is 43.6 Å². The predicted octanol–water partition coefficient (Wildman–Crippen LogP) is 3.48. The van der Waals surface area contributed by atoms with Gasteiger partial charge in [0.05, 0.1) is 5.02 Å². The van der Waals surface area contributed by atoms with Crippen LogP contribution < -0.4 is 5.32 Å². The van der Waals surface area contributed by atoms with Gasteiger partial charge in [0.2, 0.25) is 0 Å². The minimum absolute atomic E-state index is 0.345. The van der Waals surface area contributed by atoms with Gasteiger partial charge in [0.1, 0.15) is 0 Å². The molecule has 1 unspecified atom stereocenters. The van der Waals surface area contributed by atoms with Crippen molar-refractivity contribution in [2.24, 2.45) is 5.92 Å². The lowest BCUT2D eigenvalue weighted by atomic mass is 9.88. The van der Waals surface area contributed by atoms with Crippen LogP contribution >= 0.6 is 11.6 Å². The van der Waals surface area contributed by atoms with Gasteiger partial charge in [0.25, 0.3) is 0 Å². The number of aromatic nitrogens is 1. The maximum atomic E-state index is 6.33. The zero-order chi connectivity index (χ0) is 14.9. The fraction of sp³-hybridized carbons (Fsp3) is 0.706. The molecule has 0 radical (unpaired) electrons. The Balaban J connectivity index is 1.81. The molecule has 1 atom stereocenters. The average molecular weight is 308 g/mol. The molecule has 1 aromatic heterocycles. The minimum Gasteiger partial charge on any atom is -0.311 e. The van der Waals surface area contributed by atoms with E-state index in [1.54, 1.807) is 6.20 Å². The van der Waals surface area contributed by atoms with Crippen LogP contribution in [0.4, 0.5) is 0 Å². The summed E-state index contributed by atoms with van der Waals surface area (Å²) in [4.78, 5) is 6.80. The van der Waals surface area contributed by atoms with E-state index in [1.165, 1.54) is 31.2 Å². The van der Waals surface area contributed by atoms with Gasteiger partial charge in [-0.05, 0) is 30.4 Å². The maximum Gasteiger partial charge on any atom is 0.0634 e. The zero-order valence-electron chi connectivity index (χ0n) is 13.1. The van der Waals surface area contributed by atoms with Gasteiger partial charge < -0.3 is 5.32 Å². The van der Waals surface area contributed by atoms with Crippen LogP contribution in [0.1, 0.15) is 45.1 Å². The third kappa shape index (κ3) is 3.10. The van der Waals surface area contributed by atoms with Gasteiger partial charge in [-0.3, -0.25) is 9.88 Å². The number of nitrogens with zero attached hydrogens (tertiary/aromatic N) is 2. The molecule has 0 amide bonds. The van der Waals surface area contributed by atoms with Crippen LogP contribution in [0.2, 0.25) is 5.02 Å². The molecule has 1 saturated carbocycles. The molecule has 1 N–H and O–H groups in total. The van der Waals surface area contributed by atoms with Crippen LogP contribution in [-0.4, -0.2) is 34.6 Å². The Hall–Kier alpha value is -0.640. The fourth-order valence-electron chi connectivity index (χ4n) is 3.87. The van der Waals surface area contributed by atoms with Crippen LogP contribution in [-0.2, 0) is 6.54 Å². The summed E-state index contributed by atoms with van der Waals surface area (Å²) < 4.78 is 0. The summed E-state index contributed by atoms with van der Waals surface area (Å²) in [6, 6.07) is 2.65. The molecular weight excluding hydrogens is 282 g/mol. The van der Waals surface area contributed by atoms with Crippen molar-refractivity contribution in [1.82, 2.24) is 15.2 Å². The first-order valence-electron chi connectivity index (χ1n) is 8.17. The fourth-order valence-corrected chi connectivity index (χ4v) is 4.05. The van der Waals surface area contributed by atoms with Crippen LogP contribution in [0.3, 0.4) is 0 Å². The van der Waals surface area contributed by atoms with E-state index in [-0.39, 0.29) is 0 Å². The van der Waals surface area contributed by atoms with Gasteiger partial charge in [0.15, 0.2) is 0 Å². The molecule has 3 nitrogen and oxygen atoms in total. The topological polar surface area (TPSA) is 28.2 Å². The van der Waals surface area contributed by atoms with E-state index in [9.17, 15) is 0 Å². The lowest BCUT2D eigenvalue weighted by Crippen LogP contribution is -2.64. The molecule has 1 aliphatic carbocycles. The Morgan fingerprint density at radius 3 is 2.86 bits per heavy atom. The summed E-state index contributed by atoms with van der Waals surface area (Å²) in [5.41, 5.74) is 1.56. The van der Waals surface area contributed by atoms with Crippen LogP contribution in [0.15, 0.2) is 18.5 Å². The molecule has 1 saturated heterocycles. The number of halogens is 1. The van der Waals surface area contributed by atoms with E-state index in [0.717, 1.165) is 24.7 Å². The normalized spacial score (nSPS) is 25.8. The number of pyridine rings is 1. The Labute approximate surface area is 133 Å². The number of hydrogen-bond donors (Lipinski definition) is 1. The molecule has 0 bridgehead atoms. The van der Waals surface area contributed by atoms with Crippen molar-refractivity contribution in [2.45, 2.75) is 57.7 Å². The number of hydrogen-bond acceptors (Lipinski definition) is 3. The maximum absolute atomic E-state index is 6.33. The molecule has 2 fully saturated rings. The van der Waals surface area contributed by atoms with Crippen molar-refractivity contribution in [3.05, 3.63) is 29.0 Å². The number of piperazine rings is 1. The molecule has 2 aliphatic rings. The lowest BCUT2D eigenvalue weighted by Gasteiger charge is -2.49. The quantitative estimate of drug-likeness (QED) is 0.926.